The molecule has 0 aromatic carbocycles. The van der Waals surface area contributed by atoms with Crippen LogP contribution in [0.3, 0.4) is 0 Å². The summed E-state index contributed by atoms with van der Waals surface area (Å²) in [7, 11) is 0. The molecule has 1 saturated heterocycles. The number of hydrogen-bond donors (Lipinski definition) is 0. The molecular formula is C9H9ClF3N3S. The van der Waals surface area contributed by atoms with Crippen LogP contribution in [-0.2, 0) is 6.18 Å². The van der Waals surface area contributed by atoms with Crippen molar-refractivity contribution in [2.45, 2.75) is 6.18 Å². The van der Waals surface area contributed by atoms with Gasteiger partial charge in [-0.3, -0.25) is 0 Å². The van der Waals surface area contributed by atoms with E-state index in [1.807, 2.05) is 0 Å². The van der Waals surface area contributed by atoms with E-state index < -0.39 is 11.9 Å². The molecule has 0 saturated carbocycles. The Balaban J connectivity index is 2.31. The van der Waals surface area contributed by atoms with Gasteiger partial charge < -0.3 is 4.90 Å². The molecule has 2 rings (SSSR count). The predicted octanol–water partition coefficient (Wildman–Crippen LogP) is 2.70. The van der Waals surface area contributed by atoms with Crippen LogP contribution in [-0.4, -0.2) is 34.6 Å². The van der Waals surface area contributed by atoms with Gasteiger partial charge in [-0.1, -0.05) is 0 Å². The zero-order valence-electron chi connectivity index (χ0n) is 8.67. The third-order valence-corrected chi connectivity index (χ3v) is 3.42. The first kappa shape index (κ1) is 12.8. The van der Waals surface area contributed by atoms with Crippen LogP contribution >= 0.6 is 23.4 Å². The number of aromatic nitrogens is 2. The lowest BCUT2D eigenvalue weighted by atomic mass is 10.3. The van der Waals surface area contributed by atoms with E-state index in [1.165, 1.54) is 0 Å². The van der Waals surface area contributed by atoms with Gasteiger partial charge in [0.2, 0.25) is 5.28 Å². The lowest BCUT2D eigenvalue weighted by Gasteiger charge is -2.27. The number of rotatable bonds is 1. The van der Waals surface area contributed by atoms with Crippen LogP contribution in [0.1, 0.15) is 5.69 Å². The Morgan fingerprint density at radius 3 is 2.47 bits per heavy atom. The molecule has 0 spiro atoms. The smallest absolute Gasteiger partial charge is 0.355 e. The summed E-state index contributed by atoms with van der Waals surface area (Å²) < 4.78 is 37.6. The predicted molar refractivity (Wildman–Crippen MR) is 61.6 cm³/mol. The summed E-state index contributed by atoms with van der Waals surface area (Å²) in [5.41, 5.74) is -0.995. The first-order chi connectivity index (χ1) is 7.97. The number of thioether (sulfide) groups is 1. The van der Waals surface area contributed by atoms with Crippen molar-refractivity contribution >= 4 is 29.2 Å². The number of halogens is 4. The van der Waals surface area contributed by atoms with Crippen molar-refractivity contribution in [1.82, 2.24) is 9.97 Å². The van der Waals surface area contributed by atoms with Crippen molar-refractivity contribution in [3.8, 4) is 0 Å². The standard InChI is InChI=1S/C9H9ClF3N3S/c10-8-14-6(9(11,12)13)5-7(15-8)16-1-3-17-4-2-16/h5H,1-4H2. The first-order valence-corrected chi connectivity index (χ1v) is 6.44. The van der Waals surface area contributed by atoms with Crippen LogP contribution in [0.4, 0.5) is 19.0 Å². The van der Waals surface area contributed by atoms with Crippen LogP contribution in [0.15, 0.2) is 6.07 Å². The number of anilines is 1. The third kappa shape index (κ3) is 3.16. The summed E-state index contributed by atoms with van der Waals surface area (Å²) in [6, 6.07) is 0.946. The van der Waals surface area contributed by atoms with E-state index >= 15 is 0 Å². The van der Waals surface area contributed by atoms with E-state index in [1.54, 1.807) is 16.7 Å². The highest BCUT2D eigenvalue weighted by molar-refractivity contribution is 7.99. The zero-order valence-corrected chi connectivity index (χ0v) is 10.2. The molecule has 0 amide bonds. The maximum Gasteiger partial charge on any atom is 0.433 e. The van der Waals surface area contributed by atoms with Gasteiger partial charge in [0, 0.05) is 30.7 Å². The van der Waals surface area contributed by atoms with Crippen molar-refractivity contribution in [3.63, 3.8) is 0 Å². The molecule has 17 heavy (non-hydrogen) atoms. The highest BCUT2D eigenvalue weighted by Crippen LogP contribution is 2.31. The largest absolute Gasteiger partial charge is 0.433 e. The second-order valence-electron chi connectivity index (χ2n) is 3.48. The van der Waals surface area contributed by atoms with E-state index in [0.717, 1.165) is 17.6 Å². The van der Waals surface area contributed by atoms with Gasteiger partial charge in [-0.25, -0.2) is 9.97 Å². The van der Waals surface area contributed by atoms with Gasteiger partial charge in [-0.2, -0.15) is 24.9 Å². The Labute approximate surface area is 105 Å². The molecule has 1 aromatic heterocycles. The molecule has 0 aliphatic carbocycles. The van der Waals surface area contributed by atoms with Crippen molar-refractivity contribution in [3.05, 3.63) is 17.0 Å². The molecule has 8 heteroatoms. The summed E-state index contributed by atoms with van der Waals surface area (Å²) in [6.45, 7) is 1.35. The van der Waals surface area contributed by atoms with Crippen LogP contribution in [0.5, 0.6) is 0 Å². The summed E-state index contributed by atoms with van der Waals surface area (Å²) >= 11 is 7.29. The molecule has 1 fully saturated rings. The van der Waals surface area contributed by atoms with Gasteiger partial charge in [-0.05, 0) is 11.6 Å². The highest BCUT2D eigenvalue weighted by atomic mass is 35.5. The van der Waals surface area contributed by atoms with Gasteiger partial charge in [0.15, 0.2) is 5.69 Å². The van der Waals surface area contributed by atoms with Gasteiger partial charge in [0.1, 0.15) is 5.82 Å². The monoisotopic (exact) mass is 283 g/mol. The number of hydrogen-bond acceptors (Lipinski definition) is 4. The molecule has 1 aliphatic rings. The second-order valence-corrected chi connectivity index (χ2v) is 5.04. The maximum absolute atomic E-state index is 12.5. The van der Waals surface area contributed by atoms with E-state index in [4.69, 9.17) is 11.6 Å². The van der Waals surface area contributed by atoms with Crippen LogP contribution < -0.4 is 4.90 Å². The number of alkyl halides is 3. The van der Waals surface area contributed by atoms with Crippen molar-refractivity contribution in [1.29, 1.82) is 0 Å². The van der Waals surface area contributed by atoms with E-state index in [-0.39, 0.29) is 11.1 Å². The minimum Gasteiger partial charge on any atom is -0.355 e. The topological polar surface area (TPSA) is 29.0 Å². The summed E-state index contributed by atoms with van der Waals surface area (Å²) in [4.78, 5) is 8.83. The quantitative estimate of drug-likeness (QED) is 0.741. The molecule has 94 valence electrons. The minimum absolute atomic E-state index is 0.248. The number of nitrogens with zero attached hydrogens (tertiary/aromatic N) is 3. The van der Waals surface area contributed by atoms with Crippen molar-refractivity contribution < 1.29 is 13.2 Å². The maximum atomic E-state index is 12.5. The van der Waals surface area contributed by atoms with E-state index in [2.05, 4.69) is 9.97 Å². The molecule has 2 heterocycles. The molecule has 1 aromatic rings. The van der Waals surface area contributed by atoms with Crippen LogP contribution in [0.2, 0.25) is 5.28 Å². The Morgan fingerprint density at radius 1 is 1.24 bits per heavy atom. The van der Waals surface area contributed by atoms with E-state index in [0.29, 0.717) is 13.1 Å². The first-order valence-electron chi connectivity index (χ1n) is 4.91. The van der Waals surface area contributed by atoms with Gasteiger partial charge >= 0.3 is 6.18 Å². The molecule has 0 radical (unpaired) electrons. The molecule has 1 aliphatic heterocycles. The molecule has 0 bridgehead atoms. The Hall–Kier alpha value is -0.690. The zero-order chi connectivity index (χ0) is 12.5. The lowest BCUT2D eigenvalue weighted by molar-refractivity contribution is -0.141. The average Bonchev–Trinajstić information content (AvgIpc) is 2.28. The van der Waals surface area contributed by atoms with Gasteiger partial charge in [0.25, 0.3) is 0 Å². The SMILES string of the molecule is FC(F)(F)c1cc(N2CCSCC2)nc(Cl)n1. The Kier molecular flexibility index (Phi) is 3.67. The third-order valence-electron chi connectivity index (χ3n) is 2.31. The Bertz CT molecular complexity index is 407. The molecule has 3 nitrogen and oxygen atoms in total. The summed E-state index contributed by atoms with van der Waals surface area (Å²) in [6.07, 6.45) is -4.49. The van der Waals surface area contributed by atoms with Gasteiger partial charge in [0.05, 0.1) is 0 Å². The van der Waals surface area contributed by atoms with Crippen molar-refractivity contribution in [2.75, 3.05) is 29.5 Å². The molecule has 0 unspecified atom stereocenters. The second kappa shape index (κ2) is 4.89. The molecule has 0 atom stereocenters. The van der Waals surface area contributed by atoms with Gasteiger partial charge in [-0.15, -0.1) is 0 Å². The van der Waals surface area contributed by atoms with E-state index in [9.17, 15) is 13.2 Å². The Morgan fingerprint density at radius 2 is 1.88 bits per heavy atom. The van der Waals surface area contributed by atoms with Crippen LogP contribution in [0.25, 0.3) is 0 Å². The fourth-order valence-electron chi connectivity index (χ4n) is 1.51. The van der Waals surface area contributed by atoms with Crippen molar-refractivity contribution in [2.24, 2.45) is 0 Å². The average molecular weight is 284 g/mol. The summed E-state index contributed by atoms with van der Waals surface area (Å²) in [5.74, 6) is 2.00. The molecular weight excluding hydrogens is 275 g/mol. The fraction of sp³-hybridized carbons (Fsp3) is 0.556. The minimum atomic E-state index is -4.49. The highest BCUT2D eigenvalue weighted by Gasteiger charge is 2.34. The molecule has 0 N–H and O–H groups in total. The summed E-state index contributed by atoms with van der Waals surface area (Å²) in [5, 5.41) is -0.368. The lowest BCUT2D eigenvalue weighted by Crippen LogP contribution is -2.33. The normalized spacial score (nSPS) is 17.3. The fourth-order valence-corrected chi connectivity index (χ4v) is 2.59. The van der Waals surface area contributed by atoms with Crippen LogP contribution in [0, 0.1) is 0 Å².